The van der Waals surface area contributed by atoms with Crippen molar-refractivity contribution in [1.29, 1.82) is 0 Å². The van der Waals surface area contributed by atoms with E-state index in [9.17, 15) is 0 Å². The SMILES string of the molecule is CC(c1cc2ccccc2o1)N(C)C1C=CCCC1. The minimum Gasteiger partial charge on any atom is -0.459 e. The molecule has 19 heavy (non-hydrogen) atoms. The van der Waals surface area contributed by atoms with Crippen LogP contribution in [-0.2, 0) is 0 Å². The summed E-state index contributed by atoms with van der Waals surface area (Å²) < 4.78 is 5.98. The molecule has 0 N–H and O–H groups in total. The van der Waals surface area contributed by atoms with Crippen molar-refractivity contribution in [2.24, 2.45) is 0 Å². The van der Waals surface area contributed by atoms with E-state index < -0.39 is 0 Å². The van der Waals surface area contributed by atoms with Gasteiger partial charge in [-0.3, -0.25) is 4.90 Å². The monoisotopic (exact) mass is 255 g/mol. The molecule has 1 aromatic heterocycles. The van der Waals surface area contributed by atoms with Crippen LogP contribution in [0.1, 0.15) is 38.0 Å². The number of furan rings is 1. The summed E-state index contributed by atoms with van der Waals surface area (Å²) in [5.74, 6) is 1.06. The molecule has 2 heteroatoms. The van der Waals surface area contributed by atoms with Gasteiger partial charge in [0.2, 0.25) is 0 Å². The fourth-order valence-corrected chi connectivity index (χ4v) is 2.83. The molecule has 0 spiro atoms. The minimum absolute atomic E-state index is 0.306. The van der Waals surface area contributed by atoms with Gasteiger partial charge in [0.25, 0.3) is 0 Å². The molecule has 0 bridgehead atoms. The third kappa shape index (κ3) is 2.45. The lowest BCUT2D eigenvalue weighted by Gasteiger charge is -2.31. The van der Waals surface area contributed by atoms with Crippen LogP contribution in [0.2, 0.25) is 0 Å². The molecule has 2 nitrogen and oxygen atoms in total. The molecule has 0 radical (unpaired) electrons. The van der Waals surface area contributed by atoms with Crippen LogP contribution in [0.25, 0.3) is 11.0 Å². The van der Waals surface area contributed by atoms with Gasteiger partial charge >= 0.3 is 0 Å². The van der Waals surface area contributed by atoms with Crippen molar-refractivity contribution in [1.82, 2.24) is 4.90 Å². The molecular weight excluding hydrogens is 234 g/mol. The third-order valence-corrected chi connectivity index (χ3v) is 4.22. The van der Waals surface area contributed by atoms with Crippen molar-refractivity contribution >= 4 is 11.0 Å². The molecule has 0 fully saturated rings. The molecule has 0 aliphatic heterocycles. The van der Waals surface area contributed by atoms with E-state index in [1.807, 2.05) is 12.1 Å². The highest BCUT2D eigenvalue weighted by Crippen LogP contribution is 2.29. The smallest absolute Gasteiger partial charge is 0.134 e. The number of likely N-dealkylation sites (N-methyl/N-ethyl adjacent to an activating group) is 1. The van der Waals surface area contributed by atoms with Crippen molar-refractivity contribution in [2.75, 3.05) is 7.05 Å². The number of hydrogen-bond donors (Lipinski definition) is 0. The van der Waals surface area contributed by atoms with Crippen molar-refractivity contribution in [2.45, 2.75) is 38.3 Å². The quantitative estimate of drug-likeness (QED) is 0.749. The first-order valence-electron chi connectivity index (χ1n) is 7.13. The van der Waals surface area contributed by atoms with Crippen LogP contribution in [0, 0.1) is 0 Å². The highest BCUT2D eigenvalue weighted by atomic mass is 16.3. The summed E-state index contributed by atoms with van der Waals surface area (Å²) in [5, 5.41) is 1.19. The maximum absolute atomic E-state index is 5.98. The molecule has 100 valence electrons. The van der Waals surface area contributed by atoms with Crippen molar-refractivity contribution < 1.29 is 4.42 Å². The van der Waals surface area contributed by atoms with E-state index in [1.54, 1.807) is 0 Å². The number of hydrogen-bond acceptors (Lipinski definition) is 2. The predicted molar refractivity (Wildman–Crippen MR) is 79.2 cm³/mol. The van der Waals surface area contributed by atoms with Gasteiger partial charge in [-0.25, -0.2) is 0 Å². The zero-order valence-electron chi connectivity index (χ0n) is 11.7. The normalized spacial score (nSPS) is 21.1. The van der Waals surface area contributed by atoms with Gasteiger partial charge < -0.3 is 4.42 Å². The largest absolute Gasteiger partial charge is 0.459 e. The topological polar surface area (TPSA) is 16.4 Å². The van der Waals surface area contributed by atoms with Gasteiger partial charge in [0.05, 0.1) is 6.04 Å². The second-order valence-corrected chi connectivity index (χ2v) is 5.45. The average Bonchev–Trinajstić information content (AvgIpc) is 2.90. The van der Waals surface area contributed by atoms with E-state index in [1.165, 1.54) is 24.6 Å². The van der Waals surface area contributed by atoms with Gasteiger partial charge in [-0.2, -0.15) is 0 Å². The highest BCUT2D eigenvalue weighted by Gasteiger charge is 2.22. The van der Waals surface area contributed by atoms with Crippen LogP contribution in [0.15, 0.2) is 46.9 Å². The molecular formula is C17H21NO. The van der Waals surface area contributed by atoms with Crippen LogP contribution in [0.4, 0.5) is 0 Å². The van der Waals surface area contributed by atoms with Gasteiger partial charge in [-0.05, 0) is 45.4 Å². The first kappa shape index (κ1) is 12.5. The lowest BCUT2D eigenvalue weighted by molar-refractivity contribution is 0.183. The summed E-state index contributed by atoms with van der Waals surface area (Å²) in [7, 11) is 2.19. The molecule has 1 aliphatic carbocycles. The van der Waals surface area contributed by atoms with Gasteiger partial charge in [0.1, 0.15) is 11.3 Å². The van der Waals surface area contributed by atoms with E-state index in [0.717, 1.165) is 11.3 Å². The summed E-state index contributed by atoms with van der Waals surface area (Å²) in [5.41, 5.74) is 0.983. The maximum atomic E-state index is 5.98. The molecule has 0 saturated heterocycles. The van der Waals surface area contributed by atoms with Crippen molar-refractivity contribution in [3.05, 3.63) is 48.2 Å². The van der Waals surface area contributed by atoms with E-state index in [4.69, 9.17) is 4.42 Å². The molecule has 3 rings (SSSR count). The van der Waals surface area contributed by atoms with Crippen molar-refractivity contribution in [3.8, 4) is 0 Å². The molecule has 2 aromatic rings. The minimum atomic E-state index is 0.306. The first-order valence-corrected chi connectivity index (χ1v) is 7.13. The van der Waals surface area contributed by atoms with Crippen molar-refractivity contribution in [3.63, 3.8) is 0 Å². The zero-order valence-corrected chi connectivity index (χ0v) is 11.7. The third-order valence-electron chi connectivity index (χ3n) is 4.22. The van der Waals surface area contributed by atoms with E-state index in [2.05, 4.69) is 49.2 Å². The second-order valence-electron chi connectivity index (χ2n) is 5.45. The fraction of sp³-hybridized carbons (Fsp3) is 0.412. The summed E-state index contributed by atoms with van der Waals surface area (Å²) in [6.45, 7) is 2.22. The number of nitrogens with zero attached hydrogens (tertiary/aromatic N) is 1. The Kier molecular flexibility index (Phi) is 3.43. The number of rotatable bonds is 3. The number of para-hydroxylation sites is 1. The Hall–Kier alpha value is -1.54. The van der Waals surface area contributed by atoms with Gasteiger partial charge in [0, 0.05) is 11.4 Å². The van der Waals surface area contributed by atoms with Crippen LogP contribution < -0.4 is 0 Å². The Labute approximate surface area is 114 Å². The number of allylic oxidation sites excluding steroid dienone is 1. The molecule has 1 heterocycles. The van der Waals surface area contributed by atoms with Crippen LogP contribution in [0.3, 0.4) is 0 Å². The Morgan fingerprint density at radius 3 is 2.89 bits per heavy atom. The van der Waals surface area contributed by atoms with Gasteiger partial charge in [-0.1, -0.05) is 30.4 Å². The fourth-order valence-electron chi connectivity index (χ4n) is 2.83. The molecule has 1 aliphatic rings. The van der Waals surface area contributed by atoms with E-state index in [0.29, 0.717) is 12.1 Å². The Morgan fingerprint density at radius 2 is 2.16 bits per heavy atom. The number of benzene rings is 1. The average molecular weight is 255 g/mol. The maximum Gasteiger partial charge on any atom is 0.134 e. The highest BCUT2D eigenvalue weighted by molar-refractivity contribution is 5.77. The predicted octanol–water partition coefficient (Wildman–Crippen LogP) is 4.53. The lowest BCUT2D eigenvalue weighted by atomic mass is 10.00. The molecule has 2 unspecified atom stereocenters. The first-order chi connectivity index (χ1) is 9.25. The van der Waals surface area contributed by atoms with Gasteiger partial charge in [-0.15, -0.1) is 0 Å². The Morgan fingerprint density at radius 1 is 1.32 bits per heavy atom. The van der Waals surface area contributed by atoms with Gasteiger partial charge in [0.15, 0.2) is 0 Å². The molecule has 0 amide bonds. The van der Waals surface area contributed by atoms with Crippen LogP contribution in [-0.4, -0.2) is 18.0 Å². The summed E-state index contributed by atoms with van der Waals surface area (Å²) in [6.07, 6.45) is 8.40. The van der Waals surface area contributed by atoms with Crippen LogP contribution >= 0.6 is 0 Å². The summed E-state index contributed by atoms with van der Waals surface area (Å²) in [4.78, 5) is 2.41. The van der Waals surface area contributed by atoms with Crippen LogP contribution in [0.5, 0.6) is 0 Å². The Bertz CT molecular complexity index is 551. The molecule has 1 aromatic carbocycles. The van der Waals surface area contributed by atoms with E-state index in [-0.39, 0.29) is 0 Å². The lowest BCUT2D eigenvalue weighted by Crippen LogP contribution is -2.33. The molecule has 2 atom stereocenters. The molecule has 0 saturated carbocycles. The van der Waals surface area contributed by atoms with E-state index >= 15 is 0 Å². The number of fused-ring (bicyclic) bond motifs is 1. The zero-order chi connectivity index (χ0) is 13.2. The Balaban J connectivity index is 1.84. The summed E-state index contributed by atoms with van der Waals surface area (Å²) in [6, 6.07) is 11.2. The summed E-state index contributed by atoms with van der Waals surface area (Å²) >= 11 is 0. The standard InChI is InChI=1S/C17H21NO/c1-13(18(2)15-9-4-3-5-10-15)17-12-14-8-6-7-11-16(14)19-17/h4,6-9,11-13,15H,3,5,10H2,1-2H3. The second kappa shape index (κ2) is 5.22.